The van der Waals surface area contributed by atoms with Crippen LogP contribution in [0.4, 0.5) is 0 Å². The highest BCUT2D eigenvalue weighted by molar-refractivity contribution is 5.16. The van der Waals surface area contributed by atoms with Gasteiger partial charge in [-0.25, -0.2) is 0 Å². The Morgan fingerprint density at radius 2 is 1.68 bits per heavy atom. The summed E-state index contributed by atoms with van der Waals surface area (Å²) in [7, 11) is 0. The fraction of sp³-hybridized carbons (Fsp3) is 0.722. The van der Waals surface area contributed by atoms with E-state index in [-0.39, 0.29) is 0 Å². The van der Waals surface area contributed by atoms with E-state index in [9.17, 15) is 0 Å². The van der Waals surface area contributed by atoms with Crippen LogP contribution in [0.15, 0.2) is 18.3 Å². The second-order valence-electron chi connectivity index (χ2n) is 6.03. The highest BCUT2D eigenvalue weighted by Gasteiger charge is 2.25. The molecule has 0 aliphatic heterocycles. The third-order valence-electron chi connectivity index (χ3n) is 4.45. The molecular weight excluding hydrogens is 230 g/mol. The first-order valence-corrected chi connectivity index (χ1v) is 8.38. The molecule has 1 nitrogen and oxygen atoms in total. The summed E-state index contributed by atoms with van der Waals surface area (Å²) in [6.07, 6.45) is 15.8. The maximum absolute atomic E-state index is 2.64. The number of aryl methyl sites for hydroxylation is 1. The van der Waals surface area contributed by atoms with Crippen LogP contribution >= 0.6 is 0 Å². The monoisotopic (exact) mass is 260 g/mol. The van der Waals surface area contributed by atoms with Crippen molar-refractivity contribution in [3.63, 3.8) is 0 Å². The van der Waals surface area contributed by atoms with Crippen LogP contribution in [0.25, 0.3) is 0 Å². The first-order chi connectivity index (χ1) is 9.36. The number of hydrogen-bond acceptors (Lipinski definition) is 0. The Labute approximate surface area is 119 Å². The Balaban J connectivity index is 2.28. The zero-order chi connectivity index (χ0) is 13.5. The van der Waals surface area contributed by atoms with Crippen LogP contribution < -0.4 is 4.57 Å². The smallest absolute Gasteiger partial charge is 0.184 e. The van der Waals surface area contributed by atoms with Crippen molar-refractivity contribution in [1.29, 1.82) is 0 Å². The van der Waals surface area contributed by atoms with Gasteiger partial charge in [0.05, 0.1) is 0 Å². The van der Waals surface area contributed by atoms with Gasteiger partial charge >= 0.3 is 0 Å². The van der Waals surface area contributed by atoms with Gasteiger partial charge in [-0.05, 0) is 31.7 Å². The minimum Gasteiger partial charge on any atom is -0.200 e. The van der Waals surface area contributed by atoms with Crippen LogP contribution in [-0.4, -0.2) is 0 Å². The molecule has 0 bridgehead atoms. The average molecular weight is 260 g/mol. The lowest BCUT2D eigenvalue weighted by atomic mass is 10.0. The lowest BCUT2D eigenvalue weighted by Crippen LogP contribution is -2.44. The van der Waals surface area contributed by atoms with E-state index in [2.05, 4.69) is 36.7 Å². The molecule has 1 aliphatic rings. The normalized spacial score (nSPS) is 17.4. The highest BCUT2D eigenvalue weighted by atomic mass is 15.0. The van der Waals surface area contributed by atoms with E-state index in [4.69, 9.17) is 0 Å². The van der Waals surface area contributed by atoms with Crippen LogP contribution in [0, 0.1) is 0 Å². The maximum Gasteiger partial charge on any atom is 0.184 e. The van der Waals surface area contributed by atoms with Gasteiger partial charge < -0.3 is 0 Å². The van der Waals surface area contributed by atoms with E-state index >= 15 is 0 Å². The molecule has 2 rings (SSSR count). The summed E-state index contributed by atoms with van der Waals surface area (Å²) in [4.78, 5) is 0. The first-order valence-electron chi connectivity index (χ1n) is 8.38. The Morgan fingerprint density at radius 1 is 1.00 bits per heavy atom. The molecule has 1 heterocycles. The predicted octanol–water partition coefficient (Wildman–Crippen LogP) is 4.77. The average Bonchev–Trinajstić information content (AvgIpc) is 2.70. The van der Waals surface area contributed by atoms with Gasteiger partial charge in [0.25, 0.3) is 0 Å². The quantitative estimate of drug-likeness (QED) is 0.530. The molecule has 0 atom stereocenters. The van der Waals surface area contributed by atoms with Crippen molar-refractivity contribution in [2.24, 2.45) is 0 Å². The van der Waals surface area contributed by atoms with E-state index in [0.717, 1.165) is 6.04 Å². The van der Waals surface area contributed by atoms with Crippen molar-refractivity contribution in [3.8, 4) is 0 Å². The molecule has 0 radical (unpaired) electrons. The molecule has 106 valence electrons. The van der Waals surface area contributed by atoms with Crippen LogP contribution in [0.1, 0.15) is 82.5 Å². The second kappa shape index (κ2) is 7.67. The highest BCUT2D eigenvalue weighted by Crippen LogP contribution is 2.24. The SMILES string of the molecule is CCCc1ccc[n+](C2CCCCCC2)c1CCC. The number of rotatable bonds is 5. The van der Waals surface area contributed by atoms with E-state index in [1.165, 1.54) is 64.2 Å². The fourth-order valence-electron chi connectivity index (χ4n) is 3.51. The van der Waals surface area contributed by atoms with Crippen LogP contribution in [-0.2, 0) is 12.8 Å². The van der Waals surface area contributed by atoms with Gasteiger partial charge in [-0.2, -0.15) is 4.57 Å². The molecule has 1 aromatic rings. The molecule has 19 heavy (non-hydrogen) atoms. The van der Waals surface area contributed by atoms with Gasteiger partial charge in [-0.1, -0.05) is 33.1 Å². The van der Waals surface area contributed by atoms with E-state index in [1.807, 2.05) is 0 Å². The van der Waals surface area contributed by atoms with Crippen LogP contribution in [0.5, 0.6) is 0 Å². The fourth-order valence-corrected chi connectivity index (χ4v) is 3.51. The molecule has 1 fully saturated rings. The summed E-state index contributed by atoms with van der Waals surface area (Å²) in [5.74, 6) is 0. The molecule has 0 aromatic carbocycles. The Hall–Kier alpha value is -0.850. The number of nitrogens with zero attached hydrogens (tertiary/aromatic N) is 1. The third kappa shape index (κ3) is 3.81. The van der Waals surface area contributed by atoms with Crippen molar-refractivity contribution >= 4 is 0 Å². The molecule has 0 saturated heterocycles. The molecule has 1 saturated carbocycles. The topological polar surface area (TPSA) is 3.88 Å². The lowest BCUT2D eigenvalue weighted by Gasteiger charge is -2.15. The maximum atomic E-state index is 2.64. The van der Waals surface area contributed by atoms with Crippen molar-refractivity contribution in [3.05, 3.63) is 29.6 Å². The Bertz CT molecular complexity index is 375. The van der Waals surface area contributed by atoms with Gasteiger partial charge in [0.15, 0.2) is 17.9 Å². The summed E-state index contributed by atoms with van der Waals surface area (Å²) in [5, 5.41) is 0. The van der Waals surface area contributed by atoms with E-state index in [1.54, 1.807) is 11.3 Å². The van der Waals surface area contributed by atoms with Gasteiger partial charge in [0, 0.05) is 30.9 Å². The summed E-state index contributed by atoms with van der Waals surface area (Å²) in [6.45, 7) is 4.60. The first kappa shape index (κ1) is 14.6. The molecule has 0 N–H and O–H groups in total. The van der Waals surface area contributed by atoms with Gasteiger partial charge in [-0.3, -0.25) is 0 Å². The van der Waals surface area contributed by atoms with Crippen molar-refractivity contribution < 1.29 is 4.57 Å². The molecule has 0 amide bonds. The molecule has 1 heteroatoms. The van der Waals surface area contributed by atoms with Crippen molar-refractivity contribution in [1.82, 2.24) is 0 Å². The predicted molar refractivity (Wildman–Crippen MR) is 81.4 cm³/mol. The van der Waals surface area contributed by atoms with Gasteiger partial charge in [0.1, 0.15) is 0 Å². The third-order valence-corrected chi connectivity index (χ3v) is 4.45. The Morgan fingerprint density at radius 3 is 2.32 bits per heavy atom. The molecule has 1 aromatic heterocycles. The Kier molecular flexibility index (Phi) is 5.88. The lowest BCUT2D eigenvalue weighted by molar-refractivity contribution is -0.731. The summed E-state index contributed by atoms with van der Waals surface area (Å²) in [6, 6.07) is 5.39. The van der Waals surface area contributed by atoms with Crippen molar-refractivity contribution in [2.45, 2.75) is 84.1 Å². The number of hydrogen-bond donors (Lipinski definition) is 0. The zero-order valence-corrected chi connectivity index (χ0v) is 12.8. The number of aromatic nitrogens is 1. The zero-order valence-electron chi connectivity index (χ0n) is 12.8. The summed E-state index contributed by atoms with van der Waals surface area (Å²) in [5.41, 5.74) is 3.22. The largest absolute Gasteiger partial charge is 0.200 e. The summed E-state index contributed by atoms with van der Waals surface area (Å²) < 4.78 is 2.64. The van der Waals surface area contributed by atoms with Gasteiger partial charge in [-0.15, -0.1) is 0 Å². The summed E-state index contributed by atoms with van der Waals surface area (Å²) >= 11 is 0. The van der Waals surface area contributed by atoms with Crippen LogP contribution in [0.2, 0.25) is 0 Å². The minimum atomic E-state index is 0.765. The van der Waals surface area contributed by atoms with Crippen molar-refractivity contribution in [2.75, 3.05) is 0 Å². The molecule has 0 spiro atoms. The molecular formula is C18H30N+. The minimum absolute atomic E-state index is 0.765. The van der Waals surface area contributed by atoms with Crippen LogP contribution in [0.3, 0.4) is 0 Å². The standard InChI is InChI=1S/C18H30N/c1-3-10-16-12-9-15-19(18(16)11-4-2)17-13-7-5-6-8-14-17/h9,12,15,17H,3-8,10-11,13-14H2,1-2H3/q+1. The number of pyridine rings is 1. The van der Waals surface area contributed by atoms with E-state index < -0.39 is 0 Å². The molecule has 1 aliphatic carbocycles. The second-order valence-corrected chi connectivity index (χ2v) is 6.03. The van der Waals surface area contributed by atoms with E-state index in [0.29, 0.717) is 0 Å². The molecule has 0 unspecified atom stereocenters. The van der Waals surface area contributed by atoms with Gasteiger partial charge in [0.2, 0.25) is 0 Å².